The van der Waals surface area contributed by atoms with Crippen LogP contribution in [0.4, 0.5) is 5.82 Å². The Balaban J connectivity index is 1.33. The average Bonchev–Trinajstić information content (AvgIpc) is 3.24. The van der Waals surface area contributed by atoms with Gasteiger partial charge in [0.1, 0.15) is 12.4 Å². The summed E-state index contributed by atoms with van der Waals surface area (Å²) >= 11 is 0. The summed E-state index contributed by atoms with van der Waals surface area (Å²) in [6.45, 7) is 3.77. The summed E-state index contributed by atoms with van der Waals surface area (Å²) in [6.07, 6.45) is 3.26. The number of nitrogen functional groups attached to an aromatic ring is 1. The second-order valence-corrected chi connectivity index (χ2v) is 7.38. The van der Waals surface area contributed by atoms with E-state index in [4.69, 9.17) is 5.73 Å². The predicted molar refractivity (Wildman–Crippen MR) is 98.5 cm³/mol. The predicted octanol–water partition coefficient (Wildman–Crippen LogP) is 0.224. The molecule has 27 heavy (non-hydrogen) atoms. The molecule has 3 heterocycles. The van der Waals surface area contributed by atoms with E-state index in [-0.39, 0.29) is 18.4 Å². The van der Waals surface area contributed by atoms with Crippen molar-refractivity contribution in [3.05, 3.63) is 29.2 Å². The molecule has 0 spiro atoms. The number of amides is 2. The molecule has 2 amide bonds. The van der Waals surface area contributed by atoms with Gasteiger partial charge in [0.05, 0.1) is 30.2 Å². The fourth-order valence-corrected chi connectivity index (χ4v) is 3.35. The number of nitrogens with zero attached hydrogens (tertiary/aromatic N) is 5. The topological polar surface area (TPSA) is 111 Å². The number of hydrogen-bond acceptors (Lipinski definition) is 5. The molecule has 0 saturated heterocycles. The van der Waals surface area contributed by atoms with E-state index < -0.39 is 0 Å². The van der Waals surface area contributed by atoms with Crippen LogP contribution in [0.3, 0.4) is 0 Å². The number of nitrogens with one attached hydrogen (secondary N) is 1. The lowest BCUT2D eigenvalue weighted by Gasteiger charge is -2.27. The van der Waals surface area contributed by atoms with Crippen LogP contribution in [0, 0.1) is 6.92 Å². The molecule has 1 saturated carbocycles. The number of carbonyl (C=O) groups is 2. The molecule has 1 fully saturated rings. The lowest BCUT2D eigenvalue weighted by Crippen LogP contribution is -2.40. The van der Waals surface area contributed by atoms with Gasteiger partial charge in [-0.25, -0.2) is 4.68 Å². The van der Waals surface area contributed by atoms with Crippen molar-refractivity contribution in [1.29, 1.82) is 0 Å². The summed E-state index contributed by atoms with van der Waals surface area (Å²) in [4.78, 5) is 26.2. The lowest BCUT2D eigenvalue weighted by atomic mass is 10.2. The van der Waals surface area contributed by atoms with Gasteiger partial charge in [0.25, 0.3) is 0 Å². The molecule has 0 atom stereocenters. The van der Waals surface area contributed by atoms with Crippen LogP contribution in [0.5, 0.6) is 0 Å². The summed E-state index contributed by atoms with van der Waals surface area (Å²) in [6, 6.07) is 4.14. The van der Waals surface area contributed by atoms with Gasteiger partial charge in [-0.2, -0.15) is 10.2 Å². The molecular weight excluding hydrogens is 346 g/mol. The fraction of sp³-hybridized carbons (Fsp3) is 0.556. The van der Waals surface area contributed by atoms with E-state index in [0.29, 0.717) is 44.3 Å². The molecule has 0 radical (unpaired) electrons. The molecular formula is C18H25N7O2. The molecule has 2 aromatic heterocycles. The molecule has 9 heteroatoms. The van der Waals surface area contributed by atoms with E-state index >= 15 is 0 Å². The number of aromatic nitrogens is 4. The minimum Gasteiger partial charge on any atom is -0.384 e. The van der Waals surface area contributed by atoms with Gasteiger partial charge in [0.2, 0.25) is 11.8 Å². The first-order valence-corrected chi connectivity index (χ1v) is 9.40. The maximum absolute atomic E-state index is 12.6. The van der Waals surface area contributed by atoms with Gasteiger partial charge in [-0.1, -0.05) is 0 Å². The Hall–Kier alpha value is -2.84. The van der Waals surface area contributed by atoms with E-state index in [1.54, 1.807) is 11.0 Å². The van der Waals surface area contributed by atoms with Crippen LogP contribution in [0.25, 0.3) is 0 Å². The smallest absolute Gasteiger partial charge is 0.244 e. The molecule has 9 nitrogen and oxygen atoms in total. The molecule has 3 N–H and O–H groups in total. The number of nitrogens with two attached hydrogens (primary N) is 1. The second-order valence-electron chi connectivity index (χ2n) is 7.38. The Morgan fingerprint density at radius 1 is 1.26 bits per heavy atom. The minimum atomic E-state index is -0.0115. The summed E-state index contributed by atoms with van der Waals surface area (Å²) in [5, 5.41) is 11.8. The quantitative estimate of drug-likeness (QED) is 0.755. The summed E-state index contributed by atoms with van der Waals surface area (Å²) in [5.74, 6) is 0.574. The molecule has 2 aliphatic rings. The minimum absolute atomic E-state index is 0.0115. The van der Waals surface area contributed by atoms with Crippen LogP contribution >= 0.6 is 0 Å². The van der Waals surface area contributed by atoms with Crippen LogP contribution < -0.4 is 11.1 Å². The summed E-state index contributed by atoms with van der Waals surface area (Å²) < 4.78 is 3.47. The third-order valence-electron chi connectivity index (χ3n) is 4.97. The van der Waals surface area contributed by atoms with Gasteiger partial charge in [0, 0.05) is 31.5 Å². The first kappa shape index (κ1) is 17.6. The molecule has 1 aliphatic carbocycles. The molecule has 1 aliphatic heterocycles. The summed E-state index contributed by atoms with van der Waals surface area (Å²) in [5.41, 5.74) is 8.57. The van der Waals surface area contributed by atoms with E-state index in [9.17, 15) is 9.59 Å². The first-order valence-electron chi connectivity index (χ1n) is 9.40. The van der Waals surface area contributed by atoms with Crippen molar-refractivity contribution >= 4 is 17.6 Å². The Labute approximate surface area is 157 Å². The van der Waals surface area contributed by atoms with Crippen LogP contribution in [0.15, 0.2) is 12.1 Å². The average molecular weight is 371 g/mol. The van der Waals surface area contributed by atoms with E-state index in [0.717, 1.165) is 29.9 Å². The van der Waals surface area contributed by atoms with Crippen LogP contribution in [0.2, 0.25) is 0 Å². The SMILES string of the molecule is Cc1cc(N)n(CC(=O)N2CCn3nc(CCC(=O)NC4CC4)cc3C2)n1. The van der Waals surface area contributed by atoms with Gasteiger partial charge in [-0.05, 0) is 25.8 Å². The zero-order valence-electron chi connectivity index (χ0n) is 15.5. The van der Waals surface area contributed by atoms with Crippen molar-refractivity contribution in [2.45, 2.75) is 58.3 Å². The standard InChI is InChI=1S/C18H25N7O2/c1-12-8-16(19)25(21-12)11-18(27)23-6-7-24-15(10-23)9-14(22-24)4-5-17(26)20-13-2-3-13/h8-9,13H,2-7,10-11,19H2,1H3,(H,20,26). The molecule has 0 bridgehead atoms. The van der Waals surface area contributed by atoms with Crippen molar-refractivity contribution < 1.29 is 9.59 Å². The molecule has 2 aromatic rings. The number of hydrogen-bond donors (Lipinski definition) is 2. The zero-order valence-corrected chi connectivity index (χ0v) is 15.5. The molecule has 4 rings (SSSR count). The highest BCUT2D eigenvalue weighted by atomic mass is 16.2. The molecule has 0 unspecified atom stereocenters. The number of rotatable bonds is 6. The second kappa shape index (κ2) is 7.05. The van der Waals surface area contributed by atoms with Crippen LogP contribution in [-0.4, -0.2) is 48.9 Å². The Bertz CT molecular complexity index is 865. The fourth-order valence-electron chi connectivity index (χ4n) is 3.35. The van der Waals surface area contributed by atoms with Gasteiger partial charge in [0.15, 0.2) is 0 Å². The third-order valence-corrected chi connectivity index (χ3v) is 4.97. The number of aryl methyl sites for hydroxylation is 2. The molecule has 144 valence electrons. The van der Waals surface area contributed by atoms with E-state index in [2.05, 4.69) is 15.5 Å². The van der Waals surface area contributed by atoms with E-state index in [1.165, 1.54) is 4.68 Å². The first-order chi connectivity index (χ1) is 13.0. The zero-order chi connectivity index (χ0) is 19.0. The van der Waals surface area contributed by atoms with Gasteiger partial charge < -0.3 is 16.0 Å². The van der Waals surface area contributed by atoms with Gasteiger partial charge in [-0.3, -0.25) is 14.3 Å². The van der Waals surface area contributed by atoms with Crippen molar-refractivity contribution in [3.8, 4) is 0 Å². The maximum Gasteiger partial charge on any atom is 0.244 e. The third kappa shape index (κ3) is 4.12. The molecule has 0 aromatic carbocycles. The lowest BCUT2D eigenvalue weighted by molar-refractivity contribution is -0.133. The highest BCUT2D eigenvalue weighted by molar-refractivity contribution is 5.77. The van der Waals surface area contributed by atoms with Gasteiger partial charge in [-0.15, -0.1) is 0 Å². The van der Waals surface area contributed by atoms with Crippen molar-refractivity contribution in [2.75, 3.05) is 12.3 Å². The van der Waals surface area contributed by atoms with Crippen LogP contribution in [0.1, 0.15) is 36.3 Å². The highest BCUT2D eigenvalue weighted by Gasteiger charge is 2.25. The Morgan fingerprint density at radius 2 is 2.07 bits per heavy atom. The number of anilines is 1. The van der Waals surface area contributed by atoms with Crippen molar-refractivity contribution in [2.24, 2.45) is 0 Å². The summed E-state index contributed by atoms with van der Waals surface area (Å²) in [7, 11) is 0. The largest absolute Gasteiger partial charge is 0.384 e. The normalized spacial score (nSPS) is 16.3. The Kier molecular flexibility index (Phi) is 4.59. The van der Waals surface area contributed by atoms with Crippen molar-refractivity contribution in [1.82, 2.24) is 29.8 Å². The highest BCUT2D eigenvalue weighted by Crippen LogP contribution is 2.19. The van der Waals surface area contributed by atoms with Crippen LogP contribution in [-0.2, 0) is 35.6 Å². The number of carbonyl (C=O) groups excluding carboxylic acids is 2. The van der Waals surface area contributed by atoms with Crippen molar-refractivity contribution in [3.63, 3.8) is 0 Å². The number of fused-ring (bicyclic) bond motifs is 1. The maximum atomic E-state index is 12.6. The Morgan fingerprint density at radius 3 is 2.78 bits per heavy atom. The monoisotopic (exact) mass is 371 g/mol. The van der Waals surface area contributed by atoms with E-state index in [1.807, 2.05) is 17.7 Å². The van der Waals surface area contributed by atoms with Gasteiger partial charge >= 0.3 is 0 Å².